The van der Waals surface area contributed by atoms with Crippen molar-refractivity contribution >= 4 is 29.9 Å². The first-order valence-corrected chi connectivity index (χ1v) is 10.8. The van der Waals surface area contributed by atoms with Crippen LogP contribution in [0.4, 0.5) is 0 Å². The van der Waals surface area contributed by atoms with Crippen LogP contribution in [-0.4, -0.2) is 69.4 Å². The molecule has 29 heavy (non-hydrogen) atoms. The smallest absolute Gasteiger partial charge is 0.191 e. The van der Waals surface area contributed by atoms with E-state index in [0.717, 1.165) is 70.3 Å². The zero-order valence-corrected chi connectivity index (χ0v) is 19.9. The molecule has 1 aromatic carbocycles. The fourth-order valence-electron chi connectivity index (χ4n) is 4.74. The van der Waals surface area contributed by atoms with E-state index in [-0.39, 0.29) is 29.5 Å². The van der Waals surface area contributed by atoms with Crippen molar-refractivity contribution in [1.82, 2.24) is 15.5 Å². The third-order valence-corrected chi connectivity index (χ3v) is 6.47. The van der Waals surface area contributed by atoms with Crippen molar-refractivity contribution in [2.24, 2.45) is 4.99 Å². The number of benzene rings is 1. The molecule has 6 nitrogen and oxygen atoms in total. The van der Waals surface area contributed by atoms with Gasteiger partial charge >= 0.3 is 0 Å². The van der Waals surface area contributed by atoms with Gasteiger partial charge in [0, 0.05) is 45.3 Å². The van der Waals surface area contributed by atoms with Crippen LogP contribution in [0.2, 0.25) is 0 Å². The number of likely N-dealkylation sites (tertiary alicyclic amines) is 1. The number of halogens is 1. The van der Waals surface area contributed by atoms with Gasteiger partial charge in [0.1, 0.15) is 5.75 Å². The maximum Gasteiger partial charge on any atom is 0.191 e. The molecule has 3 aliphatic rings. The largest absolute Gasteiger partial charge is 0.493 e. The second kappa shape index (κ2) is 10.8. The molecule has 0 unspecified atom stereocenters. The van der Waals surface area contributed by atoms with Crippen LogP contribution in [0.1, 0.15) is 36.8 Å². The topological polar surface area (TPSA) is 58.1 Å². The van der Waals surface area contributed by atoms with E-state index in [9.17, 15) is 0 Å². The van der Waals surface area contributed by atoms with Crippen molar-refractivity contribution in [3.05, 3.63) is 29.3 Å². The third-order valence-electron chi connectivity index (χ3n) is 6.47. The molecule has 4 rings (SSSR count). The van der Waals surface area contributed by atoms with Crippen LogP contribution in [0.3, 0.4) is 0 Å². The van der Waals surface area contributed by atoms with E-state index in [1.54, 1.807) is 0 Å². The standard InChI is InChI=1S/C22H34N4O2.HI/c1-23-21(24-10-6-18-4-5-20-19(16-18)7-13-28-20)25-17-22(8-14-27-15-9-22)26-11-2-3-12-26;/h4-5,16H,2-3,6-15,17H2,1H3,(H2,23,24,25);1H. The Kier molecular flexibility index (Phi) is 8.44. The lowest BCUT2D eigenvalue weighted by atomic mass is 9.88. The van der Waals surface area contributed by atoms with Crippen LogP contribution >= 0.6 is 24.0 Å². The average Bonchev–Trinajstić information content (AvgIpc) is 3.43. The lowest BCUT2D eigenvalue weighted by molar-refractivity contribution is -0.0164. The number of hydrogen-bond donors (Lipinski definition) is 2. The molecular formula is C22H35IN4O2. The van der Waals surface area contributed by atoms with Crippen LogP contribution in [0.15, 0.2) is 23.2 Å². The Balaban J connectivity index is 0.00000240. The molecule has 0 bridgehead atoms. The van der Waals surface area contributed by atoms with E-state index in [1.165, 1.54) is 37.1 Å². The summed E-state index contributed by atoms with van der Waals surface area (Å²) < 4.78 is 11.3. The molecule has 0 atom stereocenters. The predicted octanol–water partition coefficient (Wildman–Crippen LogP) is 2.59. The van der Waals surface area contributed by atoms with Crippen LogP contribution in [-0.2, 0) is 17.6 Å². The van der Waals surface area contributed by atoms with Gasteiger partial charge in [-0.05, 0) is 62.4 Å². The van der Waals surface area contributed by atoms with Gasteiger partial charge < -0.3 is 20.1 Å². The third kappa shape index (κ3) is 5.55. The fraction of sp³-hybridized carbons (Fsp3) is 0.682. The van der Waals surface area contributed by atoms with Gasteiger partial charge in [0.15, 0.2) is 5.96 Å². The van der Waals surface area contributed by atoms with E-state index in [1.807, 2.05) is 7.05 Å². The summed E-state index contributed by atoms with van der Waals surface area (Å²) in [5.74, 6) is 1.95. The molecule has 0 saturated carbocycles. The average molecular weight is 514 g/mol. The SMILES string of the molecule is CN=C(NCCc1ccc2c(c1)CCO2)NCC1(N2CCCC2)CCOCC1.I. The maximum absolute atomic E-state index is 5.65. The second-order valence-corrected chi connectivity index (χ2v) is 8.17. The number of nitrogens with one attached hydrogen (secondary N) is 2. The quantitative estimate of drug-likeness (QED) is 0.348. The minimum atomic E-state index is 0. The number of nitrogens with zero attached hydrogens (tertiary/aromatic N) is 2. The minimum Gasteiger partial charge on any atom is -0.493 e. The Hall–Kier alpha value is -1.06. The summed E-state index contributed by atoms with van der Waals surface area (Å²) in [6.45, 7) is 6.80. The van der Waals surface area contributed by atoms with Gasteiger partial charge in [0.2, 0.25) is 0 Å². The molecule has 3 aliphatic heterocycles. The highest BCUT2D eigenvalue weighted by Crippen LogP contribution is 2.30. The summed E-state index contributed by atoms with van der Waals surface area (Å²) in [7, 11) is 1.86. The molecule has 0 spiro atoms. The lowest BCUT2D eigenvalue weighted by Gasteiger charge is -2.45. The van der Waals surface area contributed by atoms with E-state index in [0.29, 0.717) is 0 Å². The minimum absolute atomic E-state index is 0. The molecule has 2 N–H and O–H groups in total. The molecule has 2 fully saturated rings. The monoisotopic (exact) mass is 514 g/mol. The van der Waals surface area contributed by atoms with Gasteiger partial charge in [-0.25, -0.2) is 0 Å². The Morgan fingerprint density at radius 3 is 2.69 bits per heavy atom. The van der Waals surface area contributed by atoms with Crippen LogP contribution in [0.5, 0.6) is 5.75 Å². The van der Waals surface area contributed by atoms with Crippen molar-refractivity contribution in [2.45, 2.75) is 44.1 Å². The summed E-state index contributed by atoms with van der Waals surface area (Å²) in [4.78, 5) is 7.13. The van der Waals surface area contributed by atoms with E-state index < -0.39 is 0 Å². The molecule has 0 amide bonds. The predicted molar refractivity (Wildman–Crippen MR) is 128 cm³/mol. The van der Waals surface area contributed by atoms with Crippen molar-refractivity contribution < 1.29 is 9.47 Å². The first kappa shape index (κ1) is 22.6. The molecule has 3 heterocycles. The molecule has 2 saturated heterocycles. The van der Waals surface area contributed by atoms with Gasteiger partial charge in [-0.1, -0.05) is 12.1 Å². The summed E-state index contributed by atoms with van der Waals surface area (Å²) in [5.41, 5.74) is 2.91. The van der Waals surface area contributed by atoms with Crippen molar-refractivity contribution in [2.75, 3.05) is 53.0 Å². The Labute approximate surface area is 191 Å². The summed E-state index contributed by atoms with van der Waals surface area (Å²) in [6.07, 6.45) is 6.87. The number of fused-ring (bicyclic) bond motifs is 1. The molecule has 0 aliphatic carbocycles. The first-order chi connectivity index (χ1) is 13.8. The number of hydrogen-bond acceptors (Lipinski definition) is 4. The highest BCUT2D eigenvalue weighted by Gasteiger charge is 2.39. The number of ether oxygens (including phenoxy) is 2. The summed E-state index contributed by atoms with van der Waals surface area (Å²) in [6, 6.07) is 6.56. The number of guanidine groups is 1. The van der Waals surface area contributed by atoms with E-state index >= 15 is 0 Å². The molecule has 0 radical (unpaired) electrons. The number of rotatable bonds is 6. The zero-order valence-electron chi connectivity index (χ0n) is 17.5. The summed E-state index contributed by atoms with van der Waals surface area (Å²) in [5, 5.41) is 7.10. The highest BCUT2D eigenvalue weighted by molar-refractivity contribution is 14.0. The second-order valence-electron chi connectivity index (χ2n) is 8.17. The van der Waals surface area contributed by atoms with Gasteiger partial charge in [-0.2, -0.15) is 0 Å². The van der Waals surface area contributed by atoms with Crippen molar-refractivity contribution in [3.8, 4) is 5.75 Å². The maximum atomic E-state index is 5.65. The Morgan fingerprint density at radius 1 is 1.14 bits per heavy atom. The highest BCUT2D eigenvalue weighted by atomic mass is 127. The van der Waals surface area contributed by atoms with Crippen molar-refractivity contribution in [1.29, 1.82) is 0 Å². The van der Waals surface area contributed by atoms with E-state index in [4.69, 9.17) is 9.47 Å². The van der Waals surface area contributed by atoms with Crippen LogP contribution in [0, 0.1) is 0 Å². The normalized spacial score (nSPS) is 21.2. The molecular weight excluding hydrogens is 479 g/mol. The van der Waals surface area contributed by atoms with E-state index in [2.05, 4.69) is 38.7 Å². The van der Waals surface area contributed by atoms with Crippen LogP contribution < -0.4 is 15.4 Å². The van der Waals surface area contributed by atoms with Crippen molar-refractivity contribution in [3.63, 3.8) is 0 Å². The van der Waals surface area contributed by atoms with Gasteiger partial charge in [0.05, 0.1) is 6.61 Å². The molecule has 1 aromatic rings. The fourth-order valence-corrected chi connectivity index (χ4v) is 4.74. The van der Waals surface area contributed by atoms with Gasteiger partial charge in [0.25, 0.3) is 0 Å². The zero-order chi connectivity index (χ0) is 19.2. The molecule has 0 aromatic heterocycles. The number of aliphatic imine (C=N–C) groups is 1. The molecule has 7 heteroatoms. The van der Waals surface area contributed by atoms with Gasteiger partial charge in [-0.15, -0.1) is 24.0 Å². The molecule has 162 valence electrons. The van der Waals surface area contributed by atoms with Crippen LogP contribution in [0.25, 0.3) is 0 Å². The summed E-state index contributed by atoms with van der Waals surface area (Å²) >= 11 is 0. The Bertz CT molecular complexity index is 685. The first-order valence-electron chi connectivity index (χ1n) is 10.8. The van der Waals surface area contributed by atoms with Gasteiger partial charge in [-0.3, -0.25) is 9.89 Å². The Morgan fingerprint density at radius 2 is 1.93 bits per heavy atom. The lowest BCUT2D eigenvalue weighted by Crippen LogP contribution is -2.58.